The Balaban J connectivity index is 2.30. The summed E-state index contributed by atoms with van der Waals surface area (Å²) in [5.41, 5.74) is 0.0929. The van der Waals surface area contributed by atoms with E-state index in [-0.39, 0.29) is 29.2 Å². The highest BCUT2D eigenvalue weighted by molar-refractivity contribution is 7.90. The average Bonchev–Trinajstić information content (AvgIpc) is 2.49. The standard InChI is InChI=1S/C12H12ClNO4S/c1-8(15)3-2-6-14-12(16)10-7-9(13)4-5-11(10)19(14,17)18/h4-5,7H,2-3,6H2,1H3. The molecule has 1 aromatic carbocycles. The molecule has 0 fully saturated rings. The van der Waals surface area contributed by atoms with Crippen molar-refractivity contribution in [1.82, 2.24) is 4.31 Å². The maximum Gasteiger partial charge on any atom is 0.269 e. The van der Waals surface area contributed by atoms with Crippen molar-refractivity contribution in [2.24, 2.45) is 0 Å². The van der Waals surface area contributed by atoms with E-state index in [9.17, 15) is 18.0 Å². The van der Waals surface area contributed by atoms with E-state index in [1.165, 1.54) is 25.1 Å². The molecule has 1 amide bonds. The predicted octanol–water partition coefficient (Wildman–Crippen LogP) is 1.85. The first-order valence-electron chi connectivity index (χ1n) is 5.70. The van der Waals surface area contributed by atoms with Crippen LogP contribution in [0.1, 0.15) is 30.1 Å². The summed E-state index contributed by atoms with van der Waals surface area (Å²) in [6.45, 7) is 1.43. The van der Waals surface area contributed by atoms with E-state index < -0.39 is 15.9 Å². The molecule has 0 N–H and O–H groups in total. The van der Waals surface area contributed by atoms with Crippen LogP contribution in [0.2, 0.25) is 5.02 Å². The lowest BCUT2D eigenvalue weighted by atomic mass is 10.2. The van der Waals surface area contributed by atoms with Crippen LogP contribution in [0.15, 0.2) is 23.1 Å². The minimum atomic E-state index is -3.80. The number of amides is 1. The quantitative estimate of drug-likeness (QED) is 0.851. The highest BCUT2D eigenvalue weighted by Gasteiger charge is 2.40. The molecule has 5 nitrogen and oxygen atoms in total. The highest BCUT2D eigenvalue weighted by Crippen LogP contribution is 2.32. The number of benzene rings is 1. The summed E-state index contributed by atoms with van der Waals surface area (Å²) in [6, 6.07) is 4.11. The zero-order valence-corrected chi connectivity index (χ0v) is 11.8. The third-order valence-electron chi connectivity index (χ3n) is 2.86. The van der Waals surface area contributed by atoms with Gasteiger partial charge in [0.1, 0.15) is 10.7 Å². The lowest BCUT2D eigenvalue weighted by Crippen LogP contribution is -2.31. The fraction of sp³-hybridized carbons (Fsp3) is 0.333. The van der Waals surface area contributed by atoms with Crippen molar-refractivity contribution in [1.29, 1.82) is 0 Å². The lowest BCUT2D eigenvalue weighted by Gasteiger charge is -2.14. The van der Waals surface area contributed by atoms with E-state index in [0.29, 0.717) is 11.4 Å². The van der Waals surface area contributed by atoms with Crippen LogP contribution in [0.4, 0.5) is 0 Å². The van der Waals surface area contributed by atoms with Gasteiger partial charge >= 0.3 is 0 Å². The normalized spacial score (nSPS) is 16.5. The molecular weight excluding hydrogens is 290 g/mol. The van der Waals surface area contributed by atoms with Gasteiger partial charge in [0, 0.05) is 18.0 Å². The number of carbonyl (C=O) groups is 2. The summed E-state index contributed by atoms with van der Waals surface area (Å²) in [5, 5.41) is 0.313. The van der Waals surface area contributed by atoms with Crippen LogP contribution in [0.25, 0.3) is 0 Å². The molecule has 1 aliphatic rings. The number of sulfonamides is 1. The Labute approximate surface area is 116 Å². The van der Waals surface area contributed by atoms with Crippen molar-refractivity contribution < 1.29 is 18.0 Å². The molecule has 0 atom stereocenters. The van der Waals surface area contributed by atoms with E-state index in [0.717, 1.165) is 4.31 Å². The highest BCUT2D eigenvalue weighted by atomic mass is 35.5. The van der Waals surface area contributed by atoms with Crippen LogP contribution in [-0.4, -0.2) is 31.0 Å². The molecule has 102 valence electrons. The molecule has 7 heteroatoms. The molecule has 19 heavy (non-hydrogen) atoms. The molecule has 0 saturated carbocycles. The third kappa shape index (κ3) is 2.50. The predicted molar refractivity (Wildman–Crippen MR) is 69.6 cm³/mol. The lowest BCUT2D eigenvalue weighted by molar-refractivity contribution is -0.117. The first kappa shape index (κ1) is 14.0. The van der Waals surface area contributed by atoms with Gasteiger partial charge < -0.3 is 4.79 Å². The van der Waals surface area contributed by atoms with Crippen molar-refractivity contribution in [3.63, 3.8) is 0 Å². The number of fused-ring (bicyclic) bond motifs is 1. The summed E-state index contributed by atoms with van der Waals surface area (Å²) >= 11 is 5.77. The average molecular weight is 302 g/mol. The van der Waals surface area contributed by atoms with E-state index >= 15 is 0 Å². The van der Waals surface area contributed by atoms with Crippen molar-refractivity contribution in [3.8, 4) is 0 Å². The molecule has 1 heterocycles. The summed E-state index contributed by atoms with van der Waals surface area (Å²) in [4.78, 5) is 22.9. The molecule has 0 radical (unpaired) electrons. The van der Waals surface area contributed by atoms with Gasteiger partial charge in [-0.3, -0.25) is 4.79 Å². The summed E-state index contributed by atoms with van der Waals surface area (Å²) in [5.74, 6) is -0.620. The first-order chi connectivity index (χ1) is 8.84. The van der Waals surface area contributed by atoms with Crippen LogP contribution >= 0.6 is 11.6 Å². The number of halogens is 1. The van der Waals surface area contributed by atoms with Gasteiger partial charge in [0.05, 0.1) is 5.56 Å². The van der Waals surface area contributed by atoms with Crippen LogP contribution in [0.5, 0.6) is 0 Å². The van der Waals surface area contributed by atoms with Gasteiger partial charge in [-0.15, -0.1) is 0 Å². The fourth-order valence-corrected chi connectivity index (χ4v) is 3.71. The second kappa shape index (κ2) is 4.94. The molecule has 0 saturated heterocycles. The van der Waals surface area contributed by atoms with E-state index in [1.807, 2.05) is 0 Å². The Hall–Kier alpha value is -1.40. The summed E-state index contributed by atoms with van der Waals surface area (Å²) in [6.07, 6.45) is 0.568. The van der Waals surface area contributed by atoms with Gasteiger partial charge in [0.25, 0.3) is 15.9 Å². The van der Waals surface area contributed by atoms with Gasteiger partial charge in [0.15, 0.2) is 0 Å². The molecule has 1 aliphatic heterocycles. The van der Waals surface area contributed by atoms with Crippen molar-refractivity contribution in [2.75, 3.05) is 6.54 Å². The minimum absolute atomic E-state index is 0.00699. The molecule has 2 rings (SSSR count). The zero-order chi connectivity index (χ0) is 14.2. The smallest absolute Gasteiger partial charge is 0.269 e. The van der Waals surface area contributed by atoms with Crippen molar-refractivity contribution in [2.45, 2.75) is 24.7 Å². The number of Topliss-reactive ketones (excluding diaryl/α,β-unsaturated/α-hetero) is 1. The van der Waals surface area contributed by atoms with Crippen molar-refractivity contribution >= 4 is 33.3 Å². The van der Waals surface area contributed by atoms with Crippen LogP contribution in [0.3, 0.4) is 0 Å². The number of hydrogen-bond acceptors (Lipinski definition) is 4. The number of nitrogens with zero attached hydrogens (tertiary/aromatic N) is 1. The van der Waals surface area contributed by atoms with Crippen LogP contribution in [0, 0.1) is 0 Å². The Morgan fingerprint density at radius 3 is 2.68 bits per heavy atom. The first-order valence-corrected chi connectivity index (χ1v) is 7.52. The topological polar surface area (TPSA) is 71.5 Å². The maximum absolute atomic E-state index is 12.2. The number of rotatable bonds is 4. The number of hydrogen-bond donors (Lipinski definition) is 0. The summed E-state index contributed by atoms with van der Waals surface area (Å²) < 4.78 is 25.1. The van der Waals surface area contributed by atoms with Gasteiger partial charge in [0.2, 0.25) is 0 Å². The number of ketones is 1. The second-order valence-corrected chi connectivity index (χ2v) is 6.60. The Morgan fingerprint density at radius 2 is 2.05 bits per heavy atom. The maximum atomic E-state index is 12.2. The third-order valence-corrected chi connectivity index (χ3v) is 4.93. The minimum Gasteiger partial charge on any atom is -0.300 e. The fourth-order valence-electron chi connectivity index (χ4n) is 1.95. The van der Waals surface area contributed by atoms with Gasteiger partial charge in [-0.25, -0.2) is 12.7 Å². The Kier molecular flexibility index (Phi) is 3.64. The van der Waals surface area contributed by atoms with Crippen LogP contribution < -0.4 is 0 Å². The van der Waals surface area contributed by atoms with Crippen LogP contribution in [-0.2, 0) is 14.8 Å². The molecule has 0 aliphatic carbocycles. The SMILES string of the molecule is CC(=O)CCCN1C(=O)c2cc(Cl)ccc2S1(=O)=O. The monoisotopic (exact) mass is 301 g/mol. The Bertz CT molecular complexity index is 654. The second-order valence-electron chi connectivity index (χ2n) is 4.33. The van der Waals surface area contributed by atoms with Gasteiger partial charge in [-0.1, -0.05) is 11.6 Å². The van der Waals surface area contributed by atoms with Crippen molar-refractivity contribution in [3.05, 3.63) is 28.8 Å². The molecule has 0 spiro atoms. The Morgan fingerprint density at radius 1 is 1.37 bits per heavy atom. The van der Waals surface area contributed by atoms with E-state index in [2.05, 4.69) is 0 Å². The van der Waals surface area contributed by atoms with E-state index in [4.69, 9.17) is 11.6 Å². The summed E-state index contributed by atoms with van der Waals surface area (Å²) in [7, 11) is -3.80. The van der Waals surface area contributed by atoms with Gasteiger partial charge in [-0.2, -0.15) is 0 Å². The zero-order valence-electron chi connectivity index (χ0n) is 10.2. The number of carbonyl (C=O) groups excluding carboxylic acids is 2. The largest absolute Gasteiger partial charge is 0.300 e. The molecular formula is C12H12ClNO4S. The molecule has 0 bridgehead atoms. The van der Waals surface area contributed by atoms with Gasteiger partial charge in [-0.05, 0) is 31.5 Å². The van der Waals surface area contributed by atoms with E-state index in [1.54, 1.807) is 0 Å². The molecule has 0 aromatic heterocycles. The molecule has 1 aromatic rings. The molecule has 0 unspecified atom stereocenters.